The summed E-state index contributed by atoms with van der Waals surface area (Å²) < 4.78 is 6.50. The predicted octanol–water partition coefficient (Wildman–Crippen LogP) is 4.49. The summed E-state index contributed by atoms with van der Waals surface area (Å²) in [6.07, 6.45) is 9.34. The number of benzene rings is 1. The maximum Gasteiger partial charge on any atom is 0.246 e. The molecule has 1 aromatic rings. The van der Waals surface area contributed by atoms with Crippen molar-refractivity contribution < 1.29 is 19.1 Å². The third-order valence-corrected chi connectivity index (χ3v) is 10.1. The molecular weight excluding hydrogens is 540 g/mol. The number of unbranched alkanes of at least 4 members (excludes halogenated alkanes) is 1. The topological polar surface area (TPSA) is 91.0 Å². The van der Waals surface area contributed by atoms with Gasteiger partial charge in [0, 0.05) is 23.3 Å². The van der Waals surface area contributed by atoms with Crippen LogP contribution < -0.4 is 10.6 Å². The number of ether oxygens (including phenoxy) is 1. The van der Waals surface area contributed by atoms with Crippen molar-refractivity contribution in [1.82, 2.24) is 15.1 Å². The van der Waals surface area contributed by atoms with Crippen LogP contribution in [0, 0.1) is 23.7 Å². The minimum absolute atomic E-state index is 0.0586. The van der Waals surface area contributed by atoms with E-state index in [0.717, 1.165) is 51.6 Å². The lowest BCUT2D eigenvalue weighted by atomic mass is 9.73. The number of carbonyl (C=O) groups excluding carboxylic acids is 3. The molecule has 2 N–H and O–H groups in total. The van der Waals surface area contributed by atoms with Crippen molar-refractivity contribution in [2.24, 2.45) is 23.7 Å². The van der Waals surface area contributed by atoms with Crippen LogP contribution in [0.4, 0.5) is 5.69 Å². The van der Waals surface area contributed by atoms with Gasteiger partial charge in [0.1, 0.15) is 11.6 Å². The van der Waals surface area contributed by atoms with Crippen molar-refractivity contribution >= 4 is 35.0 Å². The van der Waals surface area contributed by atoms with Gasteiger partial charge < -0.3 is 25.2 Å². The maximum absolute atomic E-state index is 14.2. The van der Waals surface area contributed by atoms with Crippen molar-refractivity contribution in [3.63, 3.8) is 0 Å². The van der Waals surface area contributed by atoms with Crippen LogP contribution in [0.3, 0.4) is 0 Å². The number of anilines is 1. The number of fused-ring (bicyclic) bond motifs is 1. The number of hydrogen-bond donors (Lipinski definition) is 2. The number of likely N-dealkylation sites (tertiary alicyclic amines) is 1. The lowest BCUT2D eigenvalue weighted by Gasteiger charge is -2.38. The Bertz CT molecular complexity index is 1180. The van der Waals surface area contributed by atoms with E-state index in [1.807, 2.05) is 12.2 Å². The standard InChI is InChI=1S/C32H45ClN4O4/c1-5-6-16-36(4)17-9-18-37-28(30(39)35-24-13-7-10-20(2)21(24)3)32-15-14-25(41-32)26(27(32)31(37)40)29(38)34-23-12-8-11-22(33)19-23/h8,11-12,14-15,19-21,24-28H,5-7,9-10,13,16-18H2,1-4H3,(H,34,38)(H,35,39)/t20?,21?,24?,25-,26?,27-,28?,32?/m1/s1. The summed E-state index contributed by atoms with van der Waals surface area (Å²) in [5.74, 6) is -1.25. The Balaban J connectivity index is 1.39. The second kappa shape index (κ2) is 12.4. The minimum atomic E-state index is -1.15. The highest BCUT2D eigenvalue weighted by molar-refractivity contribution is 6.30. The molecule has 3 aliphatic heterocycles. The number of halogens is 1. The quantitative estimate of drug-likeness (QED) is 0.374. The molecule has 8 nitrogen and oxygen atoms in total. The number of amides is 3. The smallest absolute Gasteiger partial charge is 0.246 e. The molecule has 1 spiro atoms. The first-order valence-corrected chi connectivity index (χ1v) is 15.8. The van der Waals surface area contributed by atoms with Gasteiger partial charge in [0.05, 0.1) is 17.9 Å². The fourth-order valence-electron chi connectivity index (χ4n) is 7.40. The SMILES string of the molecule is CCCCN(C)CCCN1C(=O)[C@H]2C(C(=O)Nc3cccc(Cl)c3)[C@H]3C=CC2(O3)C1C(=O)NC1CCCC(C)C1C. The summed E-state index contributed by atoms with van der Waals surface area (Å²) in [6, 6.07) is 6.21. The molecular formula is C32H45ClN4O4. The van der Waals surface area contributed by atoms with Gasteiger partial charge in [-0.05, 0) is 69.4 Å². The average Bonchev–Trinajstić information content (AvgIpc) is 3.57. The second-order valence-electron chi connectivity index (χ2n) is 12.6. The zero-order chi connectivity index (χ0) is 29.3. The van der Waals surface area contributed by atoms with Gasteiger partial charge in [0.2, 0.25) is 17.7 Å². The summed E-state index contributed by atoms with van der Waals surface area (Å²) in [4.78, 5) is 45.9. The van der Waals surface area contributed by atoms with E-state index in [9.17, 15) is 14.4 Å². The molecule has 41 heavy (non-hydrogen) atoms. The predicted molar refractivity (Wildman–Crippen MR) is 160 cm³/mol. The molecule has 2 bridgehead atoms. The molecule has 8 atom stereocenters. The van der Waals surface area contributed by atoms with Gasteiger partial charge in [-0.1, -0.05) is 69.9 Å². The van der Waals surface area contributed by atoms with Crippen molar-refractivity contribution in [3.8, 4) is 0 Å². The fraction of sp³-hybridized carbons (Fsp3) is 0.656. The Labute approximate surface area is 249 Å². The van der Waals surface area contributed by atoms with Gasteiger partial charge in [-0.2, -0.15) is 0 Å². The van der Waals surface area contributed by atoms with Gasteiger partial charge in [0.15, 0.2) is 0 Å². The maximum atomic E-state index is 14.2. The summed E-state index contributed by atoms with van der Waals surface area (Å²) in [5.41, 5.74) is -0.588. The molecule has 224 valence electrons. The Morgan fingerprint density at radius 2 is 1.95 bits per heavy atom. The van der Waals surface area contributed by atoms with E-state index >= 15 is 0 Å². The van der Waals surface area contributed by atoms with Gasteiger partial charge in [-0.3, -0.25) is 14.4 Å². The molecule has 9 heteroatoms. The molecule has 0 aromatic heterocycles. The summed E-state index contributed by atoms with van der Waals surface area (Å²) >= 11 is 6.14. The Hall–Kier alpha value is -2.42. The third kappa shape index (κ3) is 5.80. The van der Waals surface area contributed by atoms with Crippen LogP contribution in [0.5, 0.6) is 0 Å². The molecule has 3 amide bonds. The van der Waals surface area contributed by atoms with Crippen molar-refractivity contribution in [2.75, 3.05) is 32.0 Å². The highest BCUT2D eigenvalue weighted by Gasteiger charge is 2.72. The van der Waals surface area contributed by atoms with E-state index in [1.54, 1.807) is 29.2 Å². The van der Waals surface area contributed by atoms with Gasteiger partial charge >= 0.3 is 0 Å². The van der Waals surface area contributed by atoms with Crippen LogP contribution in [0.25, 0.3) is 0 Å². The van der Waals surface area contributed by atoms with E-state index in [1.165, 1.54) is 0 Å². The van der Waals surface area contributed by atoms with Crippen LogP contribution in [-0.4, -0.2) is 78.0 Å². The number of nitrogens with one attached hydrogen (secondary N) is 2. The molecule has 2 saturated heterocycles. The Morgan fingerprint density at radius 3 is 2.71 bits per heavy atom. The number of carbonyl (C=O) groups is 3. The number of nitrogens with zero attached hydrogens (tertiary/aromatic N) is 2. The first kappa shape index (κ1) is 30.1. The lowest BCUT2D eigenvalue weighted by molar-refractivity contribution is -0.141. The van der Waals surface area contributed by atoms with E-state index < -0.39 is 29.6 Å². The van der Waals surface area contributed by atoms with E-state index in [4.69, 9.17) is 16.3 Å². The second-order valence-corrected chi connectivity index (χ2v) is 13.1. The molecule has 5 rings (SSSR count). The zero-order valence-corrected chi connectivity index (χ0v) is 25.5. The van der Waals surface area contributed by atoms with E-state index in [-0.39, 0.29) is 23.8 Å². The number of rotatable bonds is 11. The van der Waals surface area contributed by atoms with Gasteiger partial charge in [0.25, 0.3) is 0 Å². The van der Waals surface area contributed by atoms with E-state index in [2.05, 4.69) is 43.4 Å². The third-order valence-electron chi connectivity index (χ3n) is 9.88. The molecule has 3 heterocycles. The van der Waals surface area contributed by atoms with Gasteiger partial charge in [-0.15, -0.1) is 0 Å². The van der Waals surface area contributed by atoms with Crippen LogP contribution in [0.1, 0.15) is 59.3 Å². The molecule has 3 fully saturated rings. The average molecular weight is 585 g/mol. The summed E-state index contributed by atoms with van der Waals surface area (Å²) in [6.45, 7) is 8.88. The van der Waals surface area contributed by atoms with E-state index in [0.29, 0.717) is 29.1 Å². The Morgan fingerprint density at radius 1 is 1.17 bits per heavy atom. The molecule has 4 aliphatic rings. The van der Waals surface area contributed by atoms with Crippen LogP contribution >= 0.6 is 11.6 Å². The number of hydrogen-bond acceptors (Lipinski definition) is 5. The summed E-state index contributed by atoms with van der Waals surface area (Å²) in [7, 11) is 2.09. The molecule has 0 radical (unpaired) electrons. The highest BCUT2D eigenvalue weighted by Crippen LogP contribution is 2.55. The lowest BCUT2D eigenvalue weighted by Crippen LogP contribution is -2.58. The minimum Gasteiger partial charge on any atom is -0.359 e. The van der Waals surface area contributed by atoms with Crippen molar-refractivity contribution in [2.45, 2.75) is 83.1 Å². The molecule has 1 saturated carbocycles. The first-order chi connectivity index (χ1) is 19.7. The molecule has 1 aromatic carbocycles. The highest BCUT2D eigenvalue weighted by atomic mass is 35.5. The van der Waals surface area contributed by atoms with Gasteiger partial charge in [-0.25, -0.2) is 0 Å². The zero-order valence-electron chi connectivity index (χ0n) is 24.8. The molecule has 6 unspecified atom stereocenters. The first-order valence-electron chi connectivity index (χ1n) is 15.4. The van der Waals surface area contributed by atoms with Crippen LogP contribution in [0.2, 0.25) is 5.02 Å². The largest absolute Gasteiger partial charge is 0.359 e. The fourth-order valence-corrected chi connectivity index (χ4v) is 7.59. The normalized spacial score (nSPS) is 33.9. The Kier molecular flexibility index (Phi) is 9.12. The van der Waals surface area contributed by atoms with Crippen LogP contribution in [0.15, 0.2) is 36.4 Å². The summed E-state index contributed by atoms with van der Waals surface area (Å²) in [5, 5.41) is 6.78. The monoisotopic (exact) mass is 584 g/mol. The van der Waals surface area contributed by atoms with Crippen molar-refractivity contribution in [3.05, 3.63) is 41.4 Å². The molecule has 1 aliphatic carbocycles. The van der Waals surface area contributed by atoms with Crippen LogP contribution in [-0.2, 0) is 19.1 Å². The van der Waals surface area contributed by atoms with Crippen molar-refractivity contribution in [1.29, 1.82) is 0 Å².